The highest BCUT2D eigenvalue weighted by atomic mass is 16.5. The van der Waals surface area contributed by atoms with Crippen LogP contribution in [-0.4, -0.2) is 40.9 Å². The Hall–Kier alpha value is -1.30. The van der Waals surface area contributed by atoms with Gasteiger partial charge in [-0.25, -0.2) is 9.59 Å². The van der Waals surface area contributed by atoms with Gasteiger partial charge in [0.1, 0.15) is 5.54 Å². The van der Waals surface area contributed by atoms with Crippen molar-refractivity contribution in [3.8, 4) is 0 Å². The van der Waals surface area contributed by atoms with Crippen LogP contribution in [0, 0.1) is 0 Å². The predicted octanol–water partition coefficient (Wildman–Crippen LogP) is 1.25. The Kier molecular flexibility index (Phi) is 3.99. The van der Waals surface area contributed by atoms with Crippen molar-refractivity contribution < 1.29 is 19.4 Å². The number of carbonyl (C=O) groups is 2. The first-order valence-electron chi connectivity index (χ1n) is 6.92. The molecule has 0 aromatic rings. The summed E-state index contributed by atoms with van der Waals surface area (Å²) < 4.78 is 5.65. The lowest BCUT2D eigenvalue weighted by molar-refractivity contribution is -0.144. The monoisotopic (exact) mass is 270 g/mol. The van der Waals surface area contributed by atoms with Crippen molar-refractivity contribution in [2.24, 2.45) is 0 Å². The summed E-state index contributed by atoms with van der Waals surface area (Å²) >= 11 is 0. The molecule has 108 valence electrons. The molecule has 2 amide bonds. The lowest BCUT2D eigenvalue weighted by atomic mass is 9.95. The topological polar surface area (TPSA) is 87.7 Å². The Labute approximate surface area is 112 Å². The molecule has 2 bridgehead atoms. The van der Waals surface area contributed by atoms with Crippen molar-refractivity contribution in [1.82, 2.24) is 10.6 Å². The largest absolute Gasteiger partial charge is 0.480 e. The van der Waals surface area contributed by atoms with Gasteiger partial charge in [-0.2, -0.15) is 0 Å². The van der Waals surface area contributed by atoms with Gasteiger partial charge in [0.05, 0.1) is 18.2 Å². The molecule has 4 unspecified atom stereocenters. The fourth-order valence-electron chi connectivity index (χ4n) is 2.97. The normalized spacial score (nSPS) is 31.8. The number of hydrogen-bond donors (Lipinski definition) is 3. The highest BCUT2D eigenvalue weighted by Gasteiger charge is 2.42. The van der Waals surface area contributed by atoms with Crippen molar-refractivity contribution in [2.45, 2.75) is 69.7 Å². The van der Waals surface area contributed by atoms with E-state index in [1.807, 2.05) is 6.92 Å². The highest BCUT2D eigenvalue weighted by Crippen LogP contribution is 2.34. The van der Waals surface area contributed by atoms with Crippen LogP contribution in [0.2, 0.25) is 0 Å². The maximum Gasteiger partial charge on any atom is 0.329 e. The smallest absolute Gasteiger partial charge is 0.329 e. The molecule has 2 saturated heterocycles. The molecule has 2 aliphatic heterocycles. The van der Waals surface area contributed by atoms with Gasteiger partial charge in [0, 0.05) is 0 Å². The molecular formula is C13H22N2O4. The molecule has 2 heterocycles. The minimum Gasteiger partial charge on any atom is -0.480 e. The third-order valence-electron chi connectivity index (χ3n) is 4.03. The fraction of sp³-hybridized carbons (Fsp3) is 0.846. The van der Waals surface area contributed by atoms with E-state index in [1.165, 1.54) is 6.92 Å². The number of hydrogen-bond acceptors (Lipinski definition) is 3. The van der Waals surface area contributed by atoms with Gasteiger partial charge < -0.3 is 20.5 Å². The second kappa shape index (κ2) is 5.36. The predicted molar refractivity (Wildman–Crippen MR) is 68.9 cm³/mol. The Morgan fingerprint density at radius 2 is 2.16 bits per heavy atom. The Morgan fingerprint density at radius 1 is 1.42 bits per heavy atom. The average molecular weight is 270 g/mol. The summed E-state index contributed by atoms with van der Waals surface area (Å²) in [5.74, 6) is -1.01. The minimum absolute atomic E-state index is 0.0124. The first kappa shape index (κ1) is 14.1. The van der Waals surface area contributed by atoms with E-state index in [-0.39, 0.29) is 18.2 Å². The Bertz CT molecular complexity index is 374. The van der Waals surface area contributed by atoms with Gasteiger partial charge in [0.2, 0.25) is 0 Å². The molecule has 6 nitrogen and oxygen atoms in total. The third-order valence-corrected chi connectivity index (χ3v) is 4.03. The van der Waals surface area contributed by atoms with Crippen molar-refractivity contribution in [3.05, 3.63) is 0 Å². The number of urea groups is 1. The molecule has 0 aliphatic carbocycles. The molecule has 0 spiro atoms. The molecule has 0 saturated carbocycles. The number of fused-ring (bicyclic) bond motifs is 2. The second-order valence-corrected chi connectivity index (χ2v) is 5.70. The summed E-state index contributed by atoms with van der Waals surface area (Å²) in [5, 5.41) is 14.6. The fourth-order valence-corrected chi connectivity index (χ4v) is 2.97. The second-order valence-electron chi connectivity index (χ2n) is 5.70. The lowest BCUT2D eigenvalue weighted by Gasteiger charge is -2.28. The summed E-state index contributed by atoms with van der Waals surface area (Å²) in [5.41, 5.74) is -1.21. The zero-order valence-corrected chi connectivity index (χ0v) is 11.4. The van der Waals surface area contributed by atoms with Gasteiger partial charge >= 0.3 is 12.0 Å². The van der Waals surface area contributed by atoms with Gasteiger partial charge in [0.25, 0.3) is 0 Å². The van der Waals surface area contributed by atoms with Gasteiger partial charge in [-0.15, -0.1) is 0 Å². The standard InChI is InChI=1S/C13H22N2O4/c1-3-6-13(2,11(16)17)15-12(18)14-9-7-8-4-5-10(9)19-8/h8-10H,3-7H2,1-2H3,(H,16,17)(H2,14,15,18). The maximum atomic E-state index is 11.9. The van der Waals surface area contributed by atoms with E-state index in [0.717, 1.165) is 19.3 Å². The molecule has 4 atom stereocenters. The maximum absolute atomic E-state index is 11.9. The molecular weight excluding hydrogens is 248 g/mol. The average Bonchev–Trinajstić information content (AvgIpc) is 2.90. The van der Waals surface area contributed by atoms with Crippen molar-refractivity contribution in [3.63, 3.8) is 0 Å². The van der Waals surface area contributed by atoms with Crippen molar-refractivity contribution >= 4 is 12.0 Å². The summed E-state index contributed by atoms with van der Waals surface area (Å²) in [6.07, 6.45) is 4.32. The van der Waals surface area contributed by atoms with E-state index in [9.17, 15) is 14.7 Å². The Morgan fingerprint density at radius 3 is 2.63 bits per heavy atom. The van der Waals surface area contributed by atoms with Gasteiger partial charge in [0.15, 0.2) is 0 Å². The van der Waals surface area contributed by atoms with Crippen LogP contribution in [0.25, 0.3) is 0 Å². The summed E-state index contributed by atoms with van der Waals surface area (Å²) in [7, 11) is 0. The zero-order valence-electron chi connectivity index (χ0n) is 11.4. The van der Waals surface area contributed by atoms with Gasteiger partial charge in [-0.1, -0.05) is 13.3 Å². The third kappa shape index (κ3) is 3.00. The SMILES string of the molecule is CCCC(C)(NC(=O)NC1CC2CCC1O2)C(=O)O. The van der Waals surface area contributed by atoms with Crippen LogP contribution in [0.5, 0.6) is 0 Å². The van der Waals surface area contributed by atoms with Crippen LogP contribution in [0.1, 0.15) is 46.0 Å². The summed E-state index contributed by atoms with van der Waals surface area (Å²) in [6.45, 7) is 3.43. The molecule has 0 radical (unpaired) electrons. The first-order valence-corrected chi connectivity index (χ1v) is 6.92. The van der Waals surface area contributed by atoms with Crippen LogP contribution in [-0.2, 0) is 9.53 Å². The van der Waals surface area contributed by atoms with E-state index < -0.39 is 17.5 Å². The summed E-state index contributed by atoms with van der Waals surface area (Å²) in [4.78, 5) is 23.2. The van der Waals surface area contributed by atoms with E-state index >= 15 is 0 Å². The van der Waals surface area contributed by atoms with Crippen molar-refractivity contribution in [1.29, 1.82) is 0 Å². The van der Waals surface area contributed by atoms with E-state index in [4.69, 9.17) is 4.74 Å². The molecule has 2 aliphatic rings. The number of carbonyl (C=O) groups excluding carboxylic acids is 1. The first-order chi connectivity index (χ1) is 8.94. The Balaban J connectivity index is 1.88. The van der Waals surface area contributed by atoms with Crippen LogP contribution >= 0.6 is 0 Å². The number of carboxylic acids is 1. The van der Waals surface area contributed by atoms with Crippen LogP contribution in [0.3, 0.4) is 0 Å². The molecule has 0 aromatic carbocycles. The van der Waals surface area contributed by atoms with Gasteiger partial charge in [-0.05, 0) is 32.6 Å². The molecule has 3 N–H and O–H groups in total. The van der Waals surface area contributed by atoms with Crippen molar-refractivity contribution in [2.75, 3.05) is 0 Å². The van der Waals surface area contributed by atoms with Gasteiger partial charge in [-0.3, -0.25) is 0 Å². The number of nitrogens with one attached hydrogen (secondary N) is 2. The quantitative estimate of drug-likeness (QED) is 0.701. The number of carboxylic acid groups (broad SMARTS) is 1. The lowest BCUT2D eigenvalue weighted by Crippen LogP contribution is -2.57. The highest BCUT2D eigenvalue weighted by molar-refractivity contribution is 5.86. The van der Waals surface area contributed by atoms with Crippen LogP contribution < -0.4 is 10.6 Å². The molecule has 6 heteroatoms. The van der Waals surface area contributed by atoms with Crippen LogP contribution in [0.4, 0.5) is 4.79 Å². The molecule has 2 rings (SSSR count). The minimum atomic E-state index is -1.21. The number of ether oxygens (including phenoxy) is 1. The summed E-state index contributed by atoms with van der Waals surface area (Å²) in [6, 6.07) is -0.405. The molecule has 2 fully saturated rings. The zero-order chi connectivity index (χ0) is 14.0. The van der Waals surface area contributed by atoms with E-state index in [2.05, 4.69) is 10.6 Å². The van der Waals surface area contributed by atoms with Crippen LogP contribution in [0.15, 0.2) is 0 Å². The van der Waals surface area contributed by atoms with E-state index in [0.29, 0.717) is 12.8 Å². The number of rotatable bonds is 5. The van der Waals surface area contributed by atoms with E-state index in [1.54, 1.807) is 0 Å². The molecule has 19 heavy (non-hydrogen) atoms. The molecule has 0 aromatic heterocycles. The number of amides is 2. The number of aliphatic carboxylic acids is 1.